The molecule has 1 saturated heterocycles. The zero-order valence-electron chi connectivity index (χ0n) is 13.5. The predicted octanol–water partition coefficient (Wildman–Crippen LogP) is 2.03. The van der Waals surface area contributed by atoms with E-state index < -0.39 is 0 Å². The fourth-order valence-electron chi connectivity index (χ4n) is 3.03. The maximum Gasteiger partial charge on any atom is 0.118 e. The Balaban J connectivity index is 1.50. The smallest absolute Gasteiger partial charge is 0.118 e. The van der Waals surface area contributed by atoms with Gasteiger partial charge in [0, 0.05) is 32.2 Å². The van der Waals surface area contributed by atoms with Gasteiger partial charge in [0.25, 0.3) is 0 Å². The Bertz CT molecular complexity index is 601. The monoisotopic (exact) mass is 312 g/mol. The fourth-order valence-corrected chi connectivity index (χ4v) is 3.03. The Hall–Kier alpha value is -1.88. The second kappa shape index (κ2) is 7.59. The summed E-state index contributed by atoms with van der Waals surface area (Å²) in [4.78, 5) is 2.30. The lowest BCUT2D eigenvalue weighted by molar-refractivity contribution is 0.152. The third-order valence-corrected chi connectivity index (χ3v) is 4.34. The highest BCUT2D eigenvalue weighted by atomic mass is 16.5. The molecule has 23 heavy (non-hydrogen) atoms. The first-order valence-corrected chi connectivity index (χ1v) is 8.05. The van der Waals surface area contributed by atoms with E-state index in [1.807, 2.05) is 18.2 Å². The lowest BCUT2D eigenvalue weighted by Crippen LogP contribution is -2.38. The van der Waals surface area contributed by atoms with Gasteiger partial charge in [0.15, 0.2) is 0 Å². The van der Waals surface area contributed by atoms with Crippen molar-refractivity contribution in [3.63, 3.8) is 0 Å². The van der Waals surface area contributed by atoms with Gasteiger partial charge in [-0.2, -0.15) is 0 Å². The number of rotatable bonds is 6. The Labute approximate surface area is 137 Å². The van der Waals surface area contributed by atoms with Crippen molar-refractivity contribution in [2.75, 3.05) is 20.2 Å². The van der Waals surface area contributed by atoms with E-state index in [2.05, 4.69) is 46.6 Å². The molecule has 2 aromatic rings. The van der Waals surface area contributed by atoms with Gasteiger partial charge >= 0.3 is 0 Å². The van der Waals surface area contributed by atoms with Gasteiger partial charge in [0.05, 0.1) is 13.2 Å². The van der Waals surface area contributed by atoms with Crippen molar-refractivity contribution in [2.45, 2.75) is 25.2 Å². The number of β-amino-alcohol motifs (C(OH)–C–C–N with tert-alkyl or cyclic N) is 1. The number of aliphatic hydroxyl groups excluding tert-OH is 1. The molecular formula is C19H24N2O2. The molecule has 0 aromatic heterocycles. The number of hydrogen-bond donors (Lipinski definition) is 2. The van der Waals surface area contributed by atoms with Gasteiger partial charge in [-0.25, -0.2) is 0 Å². The molecule has 0 unspecified atom stereocenters. The van der Waals surface area contributed by atoms with Gasteiger partial charge in [0.1, 0.15) is 5.75 Å². The molecule has 2 aromatic carbocycles. The van der Waals surface area contributed by atoms with Gasteiger partial charge in [-0.15, -0.1) is 0 Å². The third-order valence-electron chi connectivity index (χ3n) is 4.34. The average Bonchev–Trinajstić information content (AvgIpc) is 2.94. The standard InChI is InChI=1S/C19H24N2O2/c1-23-17-9-7-15(8-10-17)11-20-18-13-21(14-19(18)22)12-16-5-3-2-4-6-16/h2-10,18-20,22H,11-14H2,1H3/t18-,19-/m1/s1. The molecule has 1 aliphatic heterocycles. The molecule has 0 spiro atoms. The van der Waals surface area contributed by atoms with Crippen molar-refractivity contribution in [1.29, 1.82) is 0 Å². The van der Waals surface area contributed by atoms with E-state index in [1.165, 1.54) is 11.1 Å². The van der Waals surface area contributed by atoms with E-state index in [1.54, 1.807) is 7.11 Å². The zero-order valence-corrected chi connectivity index (χ0v) is 13.5. The summed E-state index contributed by atoms with van der Waals surface area (Å²) in [5, 5.41) is 13.7. The number of nitrogens with one attached hydrogen (secondary N) is 1. The van der Waals surface area contributed by atoms with Gasteiger partial charge in [0.2, 0.25) is 0 Å². The first kappa shape index (κ1) is 16.0. The van der Waals surface area contributed by atoms with E-state index in [0.717, 1.165) is 31.9 Å². The van der Waals surface area contributed by atoms with Crippen molar-refractivity contribution >= 4 is 0 Å². The van der Waals surface area contributed by atoms with Gasteiger partial charge in [-0.05, 0) is 23.3 Å². The predicted molar refractivity (Wildman–Crippen MR) is 91.3 cm³/mol. The Morgan fingerprint density at radius 3 is 2.48 bits per heavy atom. The second-order valence-corrected chi connectivity index (χ2v) is 6.08. The normalized spacial score (nSPS) is 21.5. The number of methoxy groups -OCH3 is 1. The Morgan fingerprint density at radius 1 is 1.04 bits per heavy atom. The Morgan fingerprint density at radius 2 is 1.78 bits per heavy atom. The van der Waals surface area contributed by atoms with Crippen molar-refractivity contribution < 1.29 is 9.84 Å². The number of ether oxygens (including phenoxy) is 1. The van der Waals surface area contributed by atoms with Gasteiger partial charge in [-0.1, -0.05) is 42.5 Å². The van der Waals surface area contributed by atoms with E-state index >= 15 is 0 Å². The van der Waals surface area contributed by atoms with Crippen LogP contribution in [0.4, 0.5) is 0 Å². The molecule has 0 radical (unpaired) electrons. The molecule has 1 aliphatic rings. The summed E-state index contributed by atoms with van der Waals surface area (Å²) >= 11 is 0. The van der Waals surface area contributed by atoms with Gasteiger partial charge in [-0.3, -0.25) is 4.90 Å². The second-order valence-electron chi connectivity index (χ2n) is 6.08. The highest BCUT2D eigenvalue weighted by molar-refractivity contribution is 5.27. The van der Waals surface area contributed by atoms with Crippen molar-refractivity contribution in [2.24, 2.45) is 0 Å². The first-order chi connectivity index (χ1) is 11.2. The maximum absolute atomic E-state index is 10.3. The van der Waals surface area contributed by atoms with Crippen LogP contribution in [0.25, 0.3) is 0 Å². The molecule has 0 bridgehead atoms. The largest absolute Gasteiger partial charge is 0.497 e. The van der Waals surface area contributed by atoms with Gasteiger partial charge < -0.3 is 15.2 Å². The quantitative estimate of drug-likeness (QED) is 0.857. The van der Waals surface area contributed by atoms with Crippen LogP contribution in [0.1, 0.15) is 11.1 Å². The lowest BCUT2D eigenvalue weighted by Gasteiger charge is -2.17. The van der Waals surface area contributed by atoms with E-state index in [4.69, 9.17) is 4.74 Å². The Kier molecular flexibility index (Phi) is 5.28. The topological polar surface area (TPSA) is 44.7 Å². The van der Waals surface area contributed by atoms with Crippen LogP contribution < -0.4 is 10.1 Å². The summed E-state index contributed by atoms with van der Waals surface area (Å²) in [6.45, 7) is 3.23. The average molecular weight is 312 g/mol. The lowest BCUT2D eigenvalue weighted by atomic mass is 10.1. The summed E-state index contributed by atoms with van der Waals surface area (Å²) < 4.78 is 5.17. The number of hydrogen-bond acceptors (Lipinski definition) is 4. The van der Waals surface area contributed by atoms with Crippen LogP contribution in [-0.2, 0) is 13.1 Å². The van der Waals surface area contributed by atoms with Crippen LogP contribution >= 0.6 is 0 Å². The molecule has 1 heterocycles. The van der Waals surface area contributed by atoms with Crippen LogP contribution in [0, 0.1) is 0 Å². The molecule has 4 nitrogen and oxygen atoms in total. The fraction of sp³-hybridized carbons (Fsp3) is 0.368. The molecule has 0 amide bonds. The molecule has 4 heteroatoms. The number of aliphatic hydroxyl groups is 1. The first-order valence-electron chi connectivity index (χ1n) is 8.05. The highest BCUT2D eigenvalue weighted by Gasteiger charge is 2.30. The molecule has 2 atom stereocenters. The zero-order chi connectivity index (χ0) is 16.1. The van der Waals surface area contributed by atoms with Crippen molar-refractivity contribution in [1.82, 2.24) is 10.2 Å². The van der Waals surface area contributed by atoms with E-state index in [9.17, 15) is 5.11 Å². The molecule has 0 saturated carbocycles. The number of nitrogens with zero attached hydrogens (tertiary/aromatic N) is 1. The molecule has 2 N–H and O–H groups in total. The van der Waals surface area contributed by atoms with Crippen LogP contribution in [-0.4, -0.2) is 42.4 Å². The third kappa shape index (κ3) is 4.32. The minimum absolute atomic E-state index is 0.112. The highest BCUT2D eigenvalue weighted by Crippen LogP contribution is 2.16. The molecule has 122 valence electrons. The number of benzene rings is 2. The summed E-state index contributed by atoms with van der Waals surface area (Å²) in [5.74, 6) is 0.865. The maximum atomic E-state index is 10.3. The van der Waals surface area contributed by atoms with Crippen LogP contribution in [0.3, 0.4) is 0 Å². The van der Waals surface area contributed by atoms with E-state index in [0.29, 0.717) is 0 Å². The molecule has 0 aliphatic carbocycles. The number of likely N-dealkylation sites (tertiary alicyclic amines) is 1. The molecular weight excluding hydrogens is 288 g/mol. The minimum Gasteiger partial charge on any atom is -0.497 e. The summed E-state index contributed by atoms with van der Waals surface area (Å²) in [6, 6.07) is 18.5. The SMILES string of the molecule is COc1ccc(CN[C@@H]2CN(Cc3ccccc3)C[C@H]2O)cc1. The summed E-state index contributed by atoms with van der Waals surface area (Å²) in [7, 11) is 1.67. The molecule has 3 rings (SSSR count). The summed E-state index contributed by atoms with van der Waals surface area (Å²) in [6.07, 6.45) is -0.322. The van der Waals surface area contributed by atoms with Crippen LogP contribution in [0.15, 0.2) is 54.6 Å². The minimum atomic E-state index is -0.322. The van der Waals surface area contributed by atoms with Crippen molar-refractivity contribution in [3.8, 4) is 5.75 Å². The van der Waals surface area contributed by atoms with Crippen molar-refractivity contribution in [3.05, 3.63) is 65.7 Å². The van der Waals surface area contributed by atoms with E-state index in [-0.39, 0.29) is 12.1 Å². The summed E-state index contributed by atoms with van der Waals surface area (Å²) in [5.41, 5.74) is 2.48. The molecule has 1 fully saturated rings. The van der Waals surface area contributed by atoms with Crippen LogP contribution in [0.2, 0.25) is 0 Å². The van der Waals surface area contributed by atoms with Crippen LogP contribution in [0.5, 0.6) is 5.75 Å².